The van der Waals surface area contributed by atoms with Crippen molar-refractivity contribution in [1.29, 1.82) is 0 Å². The lowest BCUT2D eigenvalue weighted by molar-refractivity contribution is -0.119. The van der Waals surface area contributed by atoms with Crippen molar-refractivity contribution in [3.8, 4) is 0 Å². The molecule has 3 N–H and O–H groups in total. The fourth-order valence-corrected chi connectivity index (χ4v) is 1.57. The molecular weight excluding hydrogens is 216 g/mol. The minimum Gasteiger partial charge on any atom is -0.376 e. The van der Waals surface area contributed by atoms with Gasteiger partial charge >= 0.3 is 0 Å². The Kier molecular flexibility index (Phi) is 4.90. The van der Waals surface area contributed by atoms with Crippen molar-refractivity contribution < 1.29 is 4.79 Å². The molecule has 1 heterocycles. The molecule has 1 amide bonds. The number of nitrogens with one attached hydrogen (secondary N) is 1. The maximum absolute atomic E-state index is 11.9. The number of carbonyl (C=O) groups is 1. The number of nitrogens with two attached hydrogens (primary N) is 1. The molecular formula is C12H20N4O. The second-order valence-corrected chi connectivity index (χ2v) is 4.12. The molecule has 0 aliphatic carbocycles. The molecule has 1 aromatic heterocycles. The number of hydrogen-bond acceptors (Lipinski definition) is 4. The molecule has 0 aromatic carbocycles. The zero-order valence-electron chi connectivity index (χ0n) is 10.6. The van der Waals surface area contributed by atoms with E-state index in [1.165, 1.54) is 0 Å². The van der Waals surface area contributed by atoms with Crippen molar-refractivity contribution in [3.63, 3.8) is 0 Å². The molecule has 1 unspecified atom stereocenters. The summed E-state index contributed by atoms with van der Waals surface area (Å²) in [5.41, 5.74) is 7.20. The lowest BCUT2D eigenvalue weighted by Gasteiger charge is -2.19. The molecule has 94 valence electrons. The third kappa shape index (κ3) is 3.42. The Bertz CT molecular complexity index is 375. The number of carbonyl (C=O) groups excluding carboxylic acids is 1. The smallest absolute Gasteiger partial charge is 0.228 e. The van der Waals surface area contributed by atoms with Gasteiger partial charge in [-0.05, 0) is 12.5 Å². The van der Waals surface area contributed by atoms with E-state index in [2.05, 4.69) is 10.3 Å². The van der Waals surface area contributed by atoms with Crippen LogP contribution in [0.15, 0.2) is 18.5 Å². The predicted octanol–water partition coefficient (Wildman–Crippen LogP) is 1.07. The van der Waals surface area contributed by atoms with Crippen LogP contribution in [-0.2, 0) is 4.79 Å². The van der Waals surface area contributed by atoms with Gasteiger partial charge in [-0.25, -0.2) is 0 Å². The van der Waals surface area contributed by atoms with Gasteiger partial charge in [-0.15, -0.1) is 0 Å². The Morgan fingerprint density at radius 3 is 2.82 bits per heavy atom. The number of aromatic nitrogens is 1. The fraction of sp³-hybridized carbons (Fsp3) is 0.500. The number of hydrogen-bond donors (Lipinski definition) is 2. The van der Waals surface area contributed by atoms with Crippen LogP contribution in [0.25, 0.3) is 0 Å². The zero-order valence-corrected chi connectivity index (χ0v) is 10.6. The van der Waals surface area contributed by atoms with E-state index in [4.69, 9.17) is 5.73 Å². The van der Waals surface area contributed by atoms with E-state index in [9.17, 15) is 4.79 Å². The van der Waals surface area contributed by atoms with Crippen LogP contribution in [0, 0.1) is 5.92 Å². The van der Waals surface area contributed by atoms with Gasteiger partial charge in [0.1, 0.15) is 0 Å². The van der Waals surface area contributed by atoms with Gasteiger partial charge in [0.05, 0.1) is 23.5 Å². The Hall–Kier alpha value is -1.62. The molecule has 17 heavy (non-hydrogen) atoms. The molecule has 1 aromatic rings. The summed E-state index contributed by atoms with van der Waals surface area (Å²) in [6.07, 6.45) is 4.08. The van der Waals surface area contributed by atoms with Gasteiger partial charge in [0.25, 0.3) is 0 Å². The van der Waals surface area contributed by atoms with E-state index >= 15 is 0 Å². The molecule has 5 nitrogen and oxygen atoms in total. The molecule has 1 rings (SSSR count). The lowest BCUT2D eigenvalue weighted by atomic mass is 10.1. The quantitative estimate of drug-likeness (QED) is 0.802. The number of amides is 1. The van der Waals surface area contributed by atoms with Crippen LogP contribution in [0.4, 0.5) is 11.4 Å². The van der Waals surface area contributed by atoms with Gasteiger partial charge in [0.15, 0.2) is 0 Å². The minimum absolute atomic E-state index is 0.0499. The zero-order chi connectivity index (χ0) is 12.8. The van der Waals surface area contributed by atoms with Crippen molar-refractivity contribution in [1.82, 2.24) is 4.98 Å². The van der Waals surface area contributed by atoms with Crippen molar-refractivity contribution in [2.75, 3.05) is 30.9 Å². The van der Waals surface area contributed by atoms with Crippen LogP contribution in [0.3, 0.4) is 0 Å². The first kappa shape index (κ1) is 13.4. The average Bonchev–Trinajstić information content (AvgIpc) is 2.31. The molecule has 0 bridgehead atoms. The SMILES string of the molecule is CCC(CN)C(=O)Nc1cnccc1N(C)C. The number of pyridine rings is 1. The van der Waals surface area contributed by atoms with Gasteiger partial charge < -0.3 is 16.0 Å². The van der Waals surface area contributed by atoms with Gasteiger partial charge in [-0.3, -0.25) is 9.78 Å². The van der Waals surface area contributed by atoms with E-state index in [1.54, 1.807) is 12.4 Å². The summed E-state index contributed by atoms with van der Waals surface area (Å²) < 4.78 is 0. The average molecular weight is 236 g/mol. The largest absolute Gasteiger partial charge is 0.376 e. The summed E-state index contributed by atoms with van der Waals surface area (Å²) in [7, 11) is 3.84. The van der Waals surface area contributed by atoms with Gasteiger partial charge in [-0.2, -0.15) is 0 Å². The van der Waals surface area contributed by atoms with E-state index in [-0.39, 0.29) is 11.8 Å². The Labute approximate surface area is 102 Å². The molecule has 0 aliphatic rings. The normalized spacial score (nSPS) is 12.0. The first-order chi connectivity index (χ1) is 8.10. The second-order valence-electron chi connectivity index (χ2n) is 4.12. The summed E-state index contributed by atoms with van der Waals surface area (Å²) >= 11 is 0. The van der Waals surface area contributed by atoms with Crippen LogP contribution in [-0.4, -0.2) is 31.5 Å². The van der Waals surface area contributed by atoms with E-state index in [1.807, 2.05) is 32.0 Å². The highest BCUT2D eigenvalue weighted by Crippen LogP contribution is 2.22. The van der Waals surface area contributed by atoms with E-state index in [0.717, 1.165) is 17.8 Å². The number of anilines is 2. The second kappa shape index (κ2) is 6.20. The fourth-order valence-electron chi connectivity index (χ4n) is 1.57. The van der Waals surface area contributed by atoms with Crippen LogP contribution >= 0.6 is 0 Å². The Balaban J connectivity index is 2.84. The van der Waals surface area contributed by atoms with Crippen molar-refractivity contribution in [2.24, 2.45) is 11.7 Å². The molecule has 0 radical (unpaired) electrons. The summed E-state index contributed by atoms with van der Waals surface area (Å²) in [5.74, 6) is -0.198. The Morgan fingerprint density at radius 2 is 2.29 bits per heavy atom. The number of nitrogens with zero attached hydrogens (tertiary/aromatic N) is 2. The third-order valence-electron chi connectivity index (χ3n) is 2.69. The van der Waals surface area contributed by atoms with E-state index < -0.39 is 0 Å². The maximum atomic E-state index is 11.9. The Morgan fingerprint density at radius 1 is 1.59 bits per heavy atom. The van der Waals surface area contributed by atoms with Crippen molar-refractivity contribution in [2.45, 2.75) is 13.3 Å². The molecule has 0 aliphatic heterocycles. The first-order valence-corrected chi connectivity index (χ1v) is 5.72. The van der Waals surface area contributed by atoms with Crippen LogP contribution in [0.2, 0.25) is 0 Å². The van der Waals surface area contributed by atoms with Crippen molar-refractivity contribution >= 4 is 17.3 Å². The van der Waals surface area contributed by atoms with Gasteiger partial charge in [0.2, 0.25) is 5.91 Å². The molecule has 5 heteroatoms. The molecule has 0 fully saturated rings. The molecule has 0 saturated carbocycles. The first-order valence-electron chi connectivity index (χ1n) is 5.72. The summed E-state index contributed by atoms with van der Waals surface area (Å²) in [5, 5.41) is 2.87. The number of rotatable bonds is 5. The highest BCUT2D eigenvalue weighted by atomic mass is 16.1. The van der Waals surface area contributed by atoms with Crippen LogP contribution in [0.5, 0.6) is 0 Å². The summed E-state index contributed by atoms with van der Waals surface area (Å²) in [6, 6.07) is 1.86. The predicted molar refractivity (Wildman–Crippen MR) is 70.0 cm³/mol. The lowest BCUT2D eigenvalue weighted by Crippen LogP contribution is -2.29. The highest BCUT2D eigenvalue weighted by Gasteiger charge is 2.16. The molecule has 1 atom stereocenters. The monoisotopic (exact) mass is 236 g/mol. The standard InChI is InChI=1S/C12H20N4O/c1-4-9(7-13)12(17)15-10-8-14-6-5-11(10)16(2)3/h5-6,8-9H,4,7,13H2,1-3H3,(H,15,17). The summed E-state index contributed by atoms with van der Waals surface area (Å²) in [6.45, 7) is 2.31. The van der Waals surface area contributed by atoms with Crippen LogP contribution < -0.4 is 16.0 Å². The van der Waals surface area contributed by atoms with Crippen LogP contribution in [0.1, 0.15) is 13.3 Å². The molecule has 0 spiro atoms. The topological polar surface area (TPSA) is 71.2 Å². The van der Waals surface area contributed by atoms with E-state index in [0.29, 0.717) is 6.54 Å². The van der Waals surface area contributed by atoms with Gasteiger partial charge in [0, 0.05) is 26.8 Å². The minimum atomic E-state index is -0.148. The third-order valence-corrected chi connectivity index (χ3v) is 2.69. The summed E-state index contributed by atoms with van der Waals surface area (Å²) in [4.78, 5) is 17.9. The maximum Gasteiger partial charge on any atom is 0.228 e. The highest BCUT2D eigenvalue weighted by molar-refractivity contribution is 5.95. The molecule has 0 saturated heterocycles. The van der Waals surface area contributed by atoms with Crippen molar-refractivity contribution in [3.05, 3.63) is 18.5 Å². The van der Waals surface area contributed by atoms with Gasteiger partial charge in [-0.1, -0.05) is 6.92 Å².